The summed E-state index contributed by atoms with van der Waals surface area (Å²) in [7, 11) is 0. The maximum absolute atomic E-state index is 3.37. The van der Waals surface area contributed by atoms with E-state index in [1.807, 2.05) is 12.1 Å². The first-order valence-electron chi connectivity index (χ1n) is 7.89. The molecular weight excluding hydrogens is 276 g/mol. The third-order valence-electron chi connectivity index (χ3n) is 4.34. The van der Waals surface area contributed by atoms with E-state index in [0.717, 1.165) is 5.56 Å². The normalized spacial score (nSPS) is 10.8. The first-order chi connectivity index (χ1) is 11.3. The molecule has 0 bridgehead atoms. The molecule has 0 fully saturated rings. The Kier molecular flexibility index (Phi) is 3.44. The van der Waals surface area contributed by atoms with Crippen molar-refractivity contribution in [3.05, 3.63) is 96.6 Å². The molecular formula is C23H17. The minimum atomic E-state index is 1.13. The van der Waals surface area contributed by atoms with E-state index < -0.39 is 0 Å². The van der Waals surface area contributed by atoms with Gasteiger partial charge in [-0.05, 0) is 51.6 Å². The van der Waals surface area contributed by atoms with Gasteiger partial charge in [0.2, 0.25) is 0 Å². The van der Waals surface area contributed by atoms with E-state index in [4.69, 9.17) is 0 Å². The minimum Gasteiger partial charge on any atom is -0.0622 e. The van der Waals surface area contributed by atoms with E-state index >= 15 is 0 Å². The molecule has 0 atom stereocenters. The van der Waals surface area contributed by atoms with Gasteiger partial charge in [-0.2, -0.15) is 0 Å². The lowest BCUT2D eigenvalue weighted by Crippen LogP contribution is -1.89. The molecule has 0 unspecified atom stereocenters. The van der Waals surface area contributed by atoms with Crippen LogP contribution in [0.15, 0.2) is 84.9 Å². The Morgan fingerprint density at radius 1 is 0.652 bits per heavy atom. The Hall–Kier alpha value is -2.86. The fourth-order valence-electron chi connectivity index (χ4n) is 3.22. The average Bonchev–Trinajstić information content (AvgIpc) is 2.62. The Balaban J connectivity index is 2.12. The third kappa shape index (κ3) is 2.43. The Morgan fingerprint density at radius 2 is 1.48 bits per heavy atom. The van der Waals surface area contributed by atoms with Crippen LogP contribution in [-0.2, 0) is 0 Å². The zero-order valence-corrected chi connectivity index (χ0v) is 13.1. The number of fused-ring (bicyclic) bond motifs is 1. The molecule has 0 aromatic heterocycles. The summed E-state index contributed by atoms with van der Waals surface area (Å²) in [5.74, 6) is 0. The van der Waals surface area contributed by atoms with Gasteiger partial charge in [0, 0.05) is 0 Å². The molecule has 0 aliphatic heterocycles. The summed E-state index contributed by atoms with van der Waals surface area (Å²) in [6.07, 6.45) is 0. The number of hydrogen-bond donors (Lipinski definition) is 0. The third-order valence-corrected chi connectivity index (χ3v) is 4.34. The van der Waals surface area contributed by atoms with Gasteiger partial charge < -0.3 is 0 Å². The van der Waals surface area contributed by atoms with Gasteiger partial charge in [-0.3, -0.25) is 0 Å². The lowest BCUT2D eigenvalue weighted by atomic mass is 9.89. The summed E-state index contributed by atoms with van der Waals surface area (Å²) < 4.78 is 0. The molecule has 0 aliphatic rings. The first kappa shape index (κ1) is 13.8. The molecule has 23 heavy (non-hydrogen) atoms. The molecule has 4 rings (SSSR count). The van der Waals surface area contributed by atoms with Gasteiger partial charge in [0.05, 0.1) is 0 Å². The standard InChI is InChI=1S/C23H17/c1-17-9-8-14-22-20(17)15-16-21(18-10-4-2-5-11-18)23(22)19-12-6-3-7-13-19/h2-10,12-16H,1H3. The largest absolute Gasteiger partial charge is 0.0622 e. The fourth-order valence-corrected chi connectivity index (χ4v) is 3.22. The Labute approximate surface area is 137 Å². The van der Waals surface area contributed by atoms with Gasteiger partial charge >= 0.3 is 0 Å². The maximum atomic E-state index is 3.37. The molecule has 0 saturated heterocycles. The number of aryl methyl sites for hydroxylation is 1. The lowest BCUT2D eigenvalue weighted by Gasteiger charge is -2.15. The van der Waals surface area contributed by atoms with Crippen molar-refractivity contribution < 1.29 is 0 Å². The quantitative estimate of drug-likeness (QED) is 0.408. The smallest absolute Gasteiger partial charge is 0.00265 e. The van der Waals surface area contributed by atoms with Gasteiger partial charge in [0.15, 0.2) is 0 Å². The van der Waals surface area contributed by atoms with Crippen LogP contribution in [0.5, 0.6) is 0 Å². The summed E-state index contributed by atoms with van der Waals surface area (Å²) in [5.41, 5.74) is 6.21. The highest BCUT2D eigenvalue weighted by Gasteiger charge is 2.12. The molecule has 0 heterocycles. The van der Waals surface area contributed by atoms with Crippen LogP contribution in [-0.4, -0.2) is 0 Å². The molecule has 0 amide bonds. The van der Waals surface area contributed by atoms with E-state index in [1.54, 1.807) is 0 Å². The molecule has 0 heteroatoms. The topological polar surface area (TPSA) is 0 Å². The van der Waals surface area contributed by atoms with Crippen molar-refractivity contribution in [3.8, 4) is 22.3 Å². The second kappa shape index (κ2) is 5.73. The highest BCUT2D eigenvalue weighted by molar-refractivity contribution is 6.05. The van der Waals surface area contributed by atoms with Crippen molar-refractivity contribution in [3.63, 3.8) is 0 Å². The zero-order chi connectivity index (χ0) is 15.6. The molecule has 0 aliphatic carbocycles. The van der Waals surface area contributed by atoms with E-state index in [2.05, 4.69) is 85.8 Å². The first-order valence-corrected chi connectivity index (χ1v) is 7.89. The highest BCUT2D eigenvalue weighted by Crippen LogP contribution is 2.38. The summed E-state index contributed by atoms with van der Waals surface area (Å²) in [6, 6.07) is 33.2. The molecule has 0 saturated carbocycles. The van der Waals surface area contributed by atoms with Crippen LogP contribution >= 0.6 is 0 Å². The van der Waals surface area contributed by atoms with E-state index in [-0.39, 0.29) is 0 Å². The summed E-state index contributed by atoms with van der Waals surface area (Å²) in [5, 5.41) is 2.61. The predicted octanol–water partition coefficient (Wildman–Crippen LogP) is 6.28. The maximum Gasteiger partial charge on any atom is -0.00265 e. The molecule has 4 aromatic rings. The van der Waals surface area contributed by atoms with Crippen molar-refractivity contribution in [1.82, 2.24) is 0 Å². The Bertz CT molecular complexity index is 951. The van der Waals surface area contributed by atoms with E-state index in [9.17, 15) is 0 Å². The molecule has 109 valence electrons. The SMILES string of the molecule is Cc1cccc2c(-c3ccccc3)c(-c3[c]cccc3)ccc12. The van der Waals surface area contributed by atoms with Crippen molar-refractivity contribution in [2.45, 2.75) is 6.92 Å². The second-order valence-corrected chi connectivity index (χ2v) is 5.80. The van der Waals surface area contributed by atoms with E-state index in [0.29, 0.717) is 0 Å². The number of hydrogen-bond acceptors (Lipinski definition) is 0. The van der Waals surface area contributed by atoms with Gasteiger partial charge in [0.25, 0.3) is 0 Å². The van der Waals surface area contributed by atoms with Crippen molar-refractivity contribution >= 4 is 10.8 Å². The monoisotopic (exact) mass is 293 g/mol. The summed E-state index contributed by atoms with van der Waals surface area (Å²) in [4.78, 5) is 0. The van der Waals surface area contributed by atoms with E-state index in [1.165, 1.54) is 33.0 Å². The van der Waals surface area contributed by atoms with Crippen LogP contribution in [0.3, 0.4) is 0 Å². The van der Waals surface area contributed by atoms with Crippen LogP contribution in [0.1, 0.15) is 5.56 Å². The fraction of sp³-hybridized carbons (Fsp3) is 0.0435. The lowest BCUT2D eigenvalue weighted by molar-refractivity contribution is 1.52. The van der Waals surface area contributed by atoms with Crippen molar-refractivity contribution in [2.24, 2.45) is 0 Å². The van der Waals surface area contributed by atoms with Crippen LogP contribution in [0, 0.1) is 13.0 Å². The minimum absolute atomic E-state index is 1.13. The molecule has 0 spiro atoms. The van der Waals surface area contributed by atoms with Crippen LogP contribution in [0.4, 0.5) is 0 Å². The van der Waals surface area contributed by atoms with Crippen LogP contribution < -0.4 is 0 Å². The predicted molar refractivity (Wildman–Crippen MR) is 98.4 cm³/mol. The number of benzene rings is 4. The molecule has 0 N–H and O–H groups in total. The van der Waals surface area contributed by atoms with Gasteiger partial charge in [-0.15, -0.1) is 0 Å². The molecule has 1 radical (unpaired) electrons. The highest BCUT2D eigenvalue weighted by atomic mass is 14.2. The molecule has 0 nitrogen and oxygen atoms in total. The molecule has 4 aromatic carbocycles. The zero-order valence-electron chi connectivity index (χ0n) is 13.1. The van der Waals surface area contributed by atoms with Gasteiger partial charge in [0.1, 0.15) is 0 Å². The van der Waals surface area contributed by atoms with Gasteiger partial charge in [-0.1, -0.05) is 84.9 Å². The van der Waals surface area contributed by atoms with Crippen LogP contribution in [0.25, 0.3) is 33.0 Å². The average molecular weight is 293 g/mol. The second-order valence-electron chi connectivity index (χ2n) is 5.80. The summed E-state index contributed by atoms with van der Waals surface area (Å²) in [6.45, 7) is 2.17. The number of rotatable bonds is 2. The summed E-state index contributed by atoms with van der Waals surface area (Å²) >= 11 is 0. The Morgan fingerprint density at radius 3 is 2.26 bits per heavy atom. The van der Waals surface area contributed by atoms with Crippen LogP contribution in [0.2, 0.25) is 0 Å². The van der Waals surface area contributed by atoms with Crippen molar-refractivity contribution in [2.75, 3.05) is 0 Å². The van der Waals surface area contributed by atoms with Gasteiger partial charge in [-0.25, -0.2) is 0 Å². The van der Waals surface area contributed by atoms with Crippen molar-refractivity contribution in [1.29, 1.82) is 0 Å².